The molecule has 1 aliphatic rings. The molecule has 16 heavy (non-hydrogen) atoms. The summed E-state index contributed by atoms with van der Waals surface area (Å²) in [5.41, 5.74) is 5.31. The van der Waals surface area contributed by atoms with Crippen molar-refractivity contribution in [3.8, 4) is 0 Å². The van der Waals surface area contributed by atoms with Gasteiger partial charge < -0.3 is 15.4 Å². The van der Waals surface area contributed by atoms with Crippen LogP contribution in [0.3, 0.4) is 0 Å². The van der Waals surface area contributed by atoms with Crippen molar-refractivity contribution in [1.82, 2.24) is 4.90 Å². The van der Waals surface area contributed by atoms with Crippen molar-refractivity contribution in [1.29, 1.82) is 0 Å². The van der Waals surface area contributed by atoms with Crippen LogP contribution in [0.2, 0.25) is 0 Å². The van der Waals surface area contributed by atoms with Crippen LogP contribution < -0.4 is 5.73 Å². The number of rotatable bonds is 5. The normalized spacial score (nSPS) is 20.0. The lowest BCUT2D eigenvalue weighted by atomic mass is 10.1. The van der Waals surface area contributed by atoms with Crippen molar-refractivity contribution in [3.05, 3.63) is 0 Å². The van der Waals surface area contributed by atoms with Gasteiger partial charge in [-0.2, -0.15) is 0 Å². The van der Waals surface area contributed by atoms with Gasteiger partial charge in [0, 0.05) is 19.7 Å². The molecule has 0 aromatic carbocycles. The molecular weight excluding hydrogens is 228 g/mol. The quantitative estimate of drug-likeness (QED) is 0.793. The largest absolute Gasteiger partial charge is 0.376 e. The van der Waals surface area contributed by atoms with Crippen LogP contribution in [0.25, 0.3) is 0 Å². The van der Waals surface area contributed by atoms with E-state index in [1.807, 2.05) is 0 Å². The van der Waals surface area contributed by atoms with Gasteiger partial charge in [-0.1, -0.05) is 13.8 Å². The molecule has 1 fully saturated rings. The fourth-order valence-corrected chi connectivity index (χ4v) is 1.69. The second kappa shape index (κ2) is 7.87. The summed E-state index contributed by atoms with van der Waals surface area (Å²) in [6, 6.07) is 0. The van der Waals surface area contributed by atoms with E-state index in [0.717, 1.165) is 26.0 Å². The van der Waals surface area contributed by atoms with E-state index in [2.05, 4.69) is 13.8 Å². The predicted molar refractivity (Wildman–Crippen MR) is 66.7 cm³/mol. The van der Waals surface area contributed by atoms with Crippen LogP contribution in [0.5, 0.6) is 0 Å². The Kier molecular flexibility index (Phi) is 7.72. The fraction of sp³-hybridized carbons (Fsp3) is 0.909. The number of carbonyl (C=O) groups is 1. The summed E-state index contributed by atoms with van der Waals surface area (Å²) >= 11 is 0. The van der Waals surface area contributed by atoms with Gasteiger partial charge in [-0.25, -0.2) is 0 Å². The van der Waals surface area contributed by atoms with Gasteiger partial charge in [0.05, 0.1) is 12.6 Å². The zero-order valence-corrected chi connectivity index (χ0v) is 11.0. The summed E-state index contributed by atoms with van der Waals surface area (Å²) in [7, 11) is 0. The number of halogens is 1. The Morgan fingerprint density at radius 1 is 1.56 bits per heavy atom. The highest BCUT2D eigenvalue weighted by atomic mass is 35.5. The molecule has 1 amide bonds. The molecule has 96 valence electrons. The number of carbonyl (C=O) groups excluding carboxylic acids is 1. The van der Waals surface area contributed by atoms with Gasteiger partial charge >= 0.3 is 0 Å². The Hall–Kier alpha value is -0.320. The third kappa shape index (κ3) is 5.14. The Balaban J connectivity index is 0.00000225. The molecule has 1 rings (SSSR count). The Bertz CT molecular complexity index is 212. The molecule has 1 saturated heterocycles. The summed E-state index contributed by atoms with van der Waals surface area (Å²) in [5, 5.41) is 0. The third-order valence-corrected chi connectivity index (χ3v) is 2.72. The van der Waals surface area contributed by atoms with Crippen LogP contribution in [0.15, 0.2) is 0 Å². The monoisotopic (exact) mass is 250 g/mol. The summed E-state index contributed by atoms with van der Waals surface area (Å²) in [5.74, 6) is 0.707. The summed E-state index contributed by atoms with van der Waals surface area (Å²) in [4.78, 5) is 13.1. The lowest BCUT2D eigenvalue weighted by molar-refractivity contribution is -0.129. The van der Waals surface area contributed by atoms with Crippen molar-refractivity contribution >= 4 is 18.3 Å². The zero-order chi connectivity index (χ0) is 11.3. The molecular formula is C11H23ClN2O2. The van der Waals surface area contributed by atoms with E-state index in [4.69, 9.17) is 10.5 Å². The highest BCUT2D eigenvalue weighted by Gasteiger charge is 2.25. The summed E-state index contributed by atoms with van der Waals surface area (Å²) in [6.45, 7) is 6.78. The lowest BCUT2D eigenvalue weighted by Crippen LogP contribution is -2.35. The maximum atomic E-state index is 11.3. The van der Waals surface area contributed by atoms with Crippen LogP contribution in [-0.2, 0) is 9.53 Å². The standard InChI is InChI=1S/C11H22N2O2.ClH/c1-9(2)4-6-15-10-3-5-13(8-10)11(14)7-12;/h9-10H,3-8,12H2,1-2H3;1H. The molecule has 0 bridgehead atoms. The first kappa shape index (κ1) is 15.7. The van der Waals surface area contributed by atoms with Gasteiger partial charge in [0.15, 0.2) is 0 Å². The van der Waals surface area contributed by atoms with Crippen LogP contribution >= 0.6 is 12.4 Å². The summed E-state index contributed by atoms with van der Waals surface area (Å²) in [6.07, 6.45) is 2.25. The van der Waals surface area contributed by atoms with E-state index < -0.39 is 0 Å². The number of hydrogen-bond donors (Lipinski definition) is 1. The van der Waals surface area contributed by atoms with Gasteiger partial charge in [0.1, 0.15) is 0 Å². The van der Waals surface area contributed by atoms with E-state index in [-0.39, 0.29) is 31.0 Å². The number of ether oxygens (including phenoxy) is 1. The maximum absolute atomic E-state index is 11.3. The topological polar surface area (TPSA) is 55.6 Å². The third-order valence-electron chi connectivity index (χ3n) is 2.72. The Labute approximate surface area is 104 Å². The second-order valence-corrected chi connectivity index (χ2v) is 4.51. The lowest BCUT2D eigenvalue weighted by Gasteiger charge is -2.16. The van der Waals surface area contributed by atoms with E-state index in [0.29, 0.717) is 12.5 Å². The second-order valence-electron chi connectivity index (χ2n) is 4.51. The highest BCUT2D eigenvalue weighted by molar-refractivity contribution is 5.85. The molecule has 5 heteroatoms. The smallest absolute Gasteiger partial charge is 0.236 e. The van der Waals surface area contributed by atoms with E-state index in [9.17, 15) is 4.79 Å². The SMILES string of the molecule is CC(C)CCOC1CCN(C(=O)CN)C1.Cl. The first-order valence-corrected chi connectivity index (χ1v) is 5.73. The van der Waals surface area contributed by atoms with Crippen molar-refractivity contribution in [2.24, 2.45) is 11.7 Å². The van der Waals surface area contributed by atoms with Gasteiger partial charge in [0.2, 0.25) is 5.91 Å². The van der Waals surface area contributed by atoms with Crippen molar-refractivity contribution in [2.75, 3.05) is 26.2 Å². The average molecular weight is 251 g/mol. The van der Waals surface area contributed by atoms with Gasteiger partial charge in [-0.3, -0.25) is 4.79 Å². The fourth-order valence-electron chi connectivity index (χ4n) is 1.69. The summed E-state index contributed by atoms with van der Waals surface area (Å²) < 4.78 is 5.70. The van der Waals surface area contributed by atoms with E-state index in [1.54, 1.807) is 4.90 Å². The van der Waals surface area contributed by atoms with Crippen LogP contribution in [0, 0.1) is 5.92 Å². The van der Waals surface area contributed by atoms with Crippen molar-refractivity contribution in [2.45, 2.75) is 32.8 Å². The molecule has 0 radical (unpaired) electrons. The number of hydrogen-bond acceptors (Lipinski definition) is 3. The minimum Gasteiger partial charge on any atom is -0.376 e. The molecule has 1 aliphatic heterocycles. The molecule has 0 spiro atoms. The zero-order valence-electron chi connectivity index (χ0n) is 10.1. The molecule has 0 aromatic rings. The highest BCUT2D eigenvalue weighted by Crippen LogP contribution is 2.13. The number of amides is 1. The van der Waals surface area contributed by atoms with Crippen LogP contribution in [0.1, 0.15) is 26.7 Å². The molecule has 1 atom stereocenters. The van der Waals surface area contributed by atoms with Crippen LogP contribution in [0.4, 0.5) is 0 Å². The van der Waals surface area contributed by atoms with Gasteiger partial charge in [-0.05, 0) is 18.8 Å². The van der Waals surface area contributed by atoms with Gasteiger partial charge in [0.25, 0.3) is 0 Å². The number of likely N-dealkylation sites (tertiary alicyclic amines) is 1. The van der Waals surface area contributed by atoms with Crippen molar-refractivity contribution in [3.63, 3.8) is 0 Å². The number of nitrogens with zero attached hydrogens (tertiary/aromatic N) is 1. The molecule has 1 unspecified atom stereocenters. The molecule has 0 aromatic heterocycles. The van der Waals surface area contributed by atoms with Crippen LogP contribution in [-0.4, -0.2) is 43.2 Å². The average Bonchev–Trinajstić information content (AvgIpc) is 2.65. The molecule has 4 nitrogen and oxygen atoms in total. The molecule has 0 aliphatic carbocycles. The minimum absolute atomic E-state index is 0. The maximum Gasteiger partial charge on any atom is 0.236 e. The van der Waals surface area contributed by atoms with Gasteiger partial charge in [-0.15, -0.1) is 12.4 Å². The molecule has 1 heterocycles. The predicted octanol–water partition coefficient (Wildman–Crippen LogP) is 1.03. The molecule has 0 saturated carbocycles. The van der Waals surface area contributed by atoms with Crippen molar-refractivity contribution < 1.29 is 9.53 Å². The first-order chi connectivity index (χ1) is 7.13. The Morgan fingerprint density at radius 2 is 2.25 bits per heavy atom. The number of nitrogens with two attached hydrogens (primary N) is 1. The Morgan fingerprint density at radius 3 is 2.81 bits per heavy atom. The van der Waals surface area contributed by atoms with E-state index in [1.165, 1.54) is 0 Å². The minimum atomic E-state index is 0. The van der Waals surface area contributed by atoms with E-state index >= 15 is 0 Å². The first-order valence-electron chi connectivity index (χ1n) is 5.73. The molecule has 2 N–H and O–H groups in total.